The SMILES string of the molecule is Cc1cc(C)c(CN(C)C(=O)C(N)C(=O)O)c(C)c1. The van der Waals surface area contributed by atoms with E-state index in [1.807, 2.05) is 32.9 Å². The van der Waals surface area contributed by atoms with E-state index < -0.39 is 17.9 Å². The van der Waals surface area contributed by atoms with Crippen LogP contribution in [0, 0.1) is 20.8 Å². The van der Waals surface area contributed by atoms with E-state index in [1.54, 1.807) is 7.05 Å². The second kappa shape index (κ2) is 5.84. The van der Waals surface area contributed by atoms with E-state index in [-0.39, 0.29) is 0 Å². The molecule has 0 saturated heterocycles. The van der Waals surface area contributed by atoms with Gasteiger partial charge in [-0.05, 0) is 37.5 Å². The van der Waals surface area contributed by atoms with E-state index in [0.29, 0.717) is 6.54 Å². The van der Waals surface area contributed by atoms with Crippen molar-refractivity contribution in [2.75, 3.05) is 7.05 Å². The maximum atomic E-state index is 11.8. The molecule has 104 valence electrons. The highest BCUT2D eigenvalue weighted by molar-refractivity contribution is 6.00. The van der Waals surface area contributed by atoms with Crippen LogP contribution in [-0.4, -0.2) is 35.0 Å². The summed E-state index contributed by atoms with van der Waals surface area (Å²) >= 11 is 0. The average molecular weight is 264 g/mol. The van der Waals surface area contributed by atoms with Crippen LogP contribution in [0.2, 0.25) is 0 Å². The van der Waals surface area contributed by atoms with Crippen molar-refractivity contribution in [3.05, 3.63) is 34.4 Å². The molecule has 0 fully saturated rings. The molecule has 1 atom stereocenters. The molecule has 0 saturated carbocycles. The zero-order chi connectivity index (χ0) is 14.7. The molecule has 0 aliphatic carbocycles. The quantitative estimate of drug-likeness (QED) is 0.794. The van der Waals surface area contributed by atoms with Gasteiger partial charge in [-0.25, -0.2) is 4.79 Å². The lowest BCUT2D eigenvalue weighted by Gasteiger charge is -2.22. The number of carboxylic acids is 1. The lowest BCUT2D eigenvalue weighted by molar-refractivity contribution is -0.146. The second-order valence-corrected chi connectivity index (χ2v) is 4.89. The van der Waals surface area contributed by atoms with Crippen molar-refractivity contribution < 1.29 is 14.7 Å². The Morgan fingerprint density at radius 3 is 2.16 bits per heavy atom. The van der Waals surface area contributed by atoms with Gasteiger partial charge >= 0.3 is 5.97 Å². The van der Waals surface area contributed by atoms with E-state index in [9.17, 15) is 9.59 Å². The molecule has 0 heterocycles. The van der Waals surface area contributed by atoms with E-state index >= 15 is 0 Å². The number of carbonyl (C=O) groups excluding carboxylic acids is 1. The maximum absolute atomic E-state index is 11.8. The highest BCUT2D eigenvalue weighted by atomic mass is 16.4. The number of carbonyl (C=O) groups is 2. The summed E-state index contributed by atoms with van der Waals surface area (Å²) in [6, 6.07) is 2.58. The van der Waals surface area contributed by atoms with Crippen LogP contribution >= 0.6 is 0 Å². The number of rotatable bonds is 4. The van der Waals surface area contributed by atoms with Gasteiger partial charge in [-0.2, -0.15) is 0 Å². The Morgan fingerprint density at radius 1 is 1.26 bits per heavy atom. The molecule has 1 aromatic carbocycles. The molecule has 0 aliphatic rings. The molecular weight excluding hydrogens is 244 g/mol. The number of hydrogen-bond acceptors (Lipinski definition) is 3. The van der Waals surface area contributed by atoms with Gasteiger partial charge in [-0.3, -0.25) is 4.79 Å². The number of aryl methyl sites for hydroxylation is 3. The van der Waals surface area contributed by atoms with Gasteiger partial charge in [0.05, 0.1) is 0 Å². The smallest absolute Gasteiger partial charge is 0.330 e. The second-order valence-electron chi connectivity index (χ2n) is 4.89. The minimum Gasteiger partial charge on any atom is -0.480 e. The number of benzene rings is 1. The molecule has 1 rings (SSSR count). The van der Waals surface area contributed by atoms with Crippen molar-refractivity contribution >= 4 is 11.9 Å². The highest BCUT2D eigenvalue weighted by Gasteiger charge is 2.25. The minimum absolute atomic E-state index is 0.359. The standard InChI is InChI=1S/C14H20N2O3/c1-8-5-9(2)11(10(3)6-8)7-16(4)13(17)12(15)14(18)19/h5-6,12H,7,15H2,1-4H3,(H,18,19). The summed E-state index contributed by atoms with van der Waals surface area (Å²) in [5, 5.41) is 8.74. The average Bonchev–Trinajstić information content (AvgIpc) is 2.31. The number of nitrogens with zero attached hydrogens (tertiary/aromatic N) is 1. The summed E-state index contributed by atoms with van der Waals surface area (Å²) in [7, 11) is 1.56. The first-order valence-electron chi connectivity index (χ1n) is 6.04. The minimum atomic E-state index is -1.50. The number of hydrogen-bond donors (Lipinski definition) is 2. The van der Waals surface area contributed by atoms with Crippen molar-refractivity contribution in [2.45, 2.75) is 33.4 Å². The molecule has 0 spiro atoms. The van der Waals surface area contributed by atoms with Gasteiger partial charge < -0.3 is 15.7 Å². The van der Waals surface area contributed by atoms with Crippen LogP contribution in [0.4, 0.5) is 0 Å². The number of amides is 1. The topological polar surface area (TPSA) is 83.6 Å². The Hall–Kier alpha value is -1.88. The highest BCUT2D eigenvalue weighted by Crippen LogP contribution is 2.18. The predicted octanol–water partition coefficient (Wildman–Crippen LogP) is 0.982. The van der Waals surface area contributed by atoms with E-state index in [0.717, 1.165) is 22.3 Å². The van der Waals surface area contributed by atoms with E-state index in [2.05, 4.69) is 0 Å². The predicted molar refractivity (Wildman–Crippen MR) is 72.7 cm³/mol. The number of carboxylic acid groups (broad SMARTS) is 1. The van der Waals surface area contributed by atoms with Crippen molar-refractivity contribution in [3.8, 4) is 0 Å². The van der Waals surface area contributed by atoms with Crippen molar-refractivity contribution in [1.29, 1.82) is 0 Å². The van der Waals surface area contributed by atoms with E-state index in [4.69, 9.17) is 10.8 Å². The molecule has 0 aliphatic heterocycles. The Morgan fingerprint density at radius 2 is 1.74 bits per heavy atom. The Balaban J connectivity index is 2.91. The summed E-state index contributed by atoms with van der Waals surface area (Å²) in [4.78, 5) is 23.9. The van der Waals surface area contributed by atoms with Crippen molar-refractivity contribution in [1.82, 2.24) is 4.90 Å². The third-order valence-electron chi connectivity index (χ3n) is 3.14. The molecule has 19 heavy (non-hydrogen) atoms. The van der Waals surface area contributed by atoms with Gasteiger partial charge in [0, 0.05) is 13.6 Å². The Kier molecular flexibility index (Phi) is 4.67. The lowest BCUT2D eigenvalue weighted by atomic mass is 9.99. The van der Waals surface area contributed by atoms with Crippen LogP contribution in [0.15, 0.2) is 12.1 Å². The molecule has 0 aromatic heterocycles. The Labute approximate surface area is 113 Å². The van der Waals surface area contributed by atoms with Gasteiger partial charge in [-0.15, -0.1) is 0 Å². The van der Waals surface area contributed by atoms with Gasteiger partial charge in [0.15, 0.2) is 6.04 Å². The zero-order valence-corrected chi connectivity index (χ0v) is 11.7. The summed E-state index contributed by atoms with van der Waals surface area (Å²) in [5.74, 6) is -1.90. The molecule has 1 unspecified atom stereocenters. The third kappa shape index (κ3) is 3.54. The van der Waals surface area contributed by atoms with Crippen LogP contribution in [0.1, 0.15) is 22.3 Å². The summed E-state index contributed by atoms with van der Waals surface area (Å²) in [6.45, 7) is 6.33. The monoisotopic (exact) mass is 264 g/mol. The summed E-state index contributed by atoms with van der Waals surface area (Å²) in [6.07, 6.45) is 0. The first kappa shape index (κ1) is 15.2. The largest absolute Gasteiger partial charge is 0.480 e. The molecule has 5 nitrogen and oxygen atoms in total. The first-order chi connectivity index (χ1) is 8.73. The van der Waals surface area contributed by atoms with Gasteiger partial charge in [0.2, 0.25) is 0 Å². The zero-order valence-electron chi connectivity index (χ0n) is 11.7. The number of aliphatic carboxylic acids is 1. The van der Waals surface area contributed by atoms with Crippen LogP contribution in [0.3, 0.4) is 0 Å². The van der Waals surface area contributed by atoms with Crippen LogP contribution < -0.4 is 5.73 Å². The van der Waals surface area contributed by atoms with Gasteiger partial charge in [0.1, 0.15) is 0 Å². The van der Waals surface area contributed by atoms with Crippen LogP contribution in [0.5, 0.6) is 0 Å². The molecule has 0 radical (unpaired) electrons. The molecule has 1 amide bonds. The van der Waals surface area contributed by atoms with Crippen molar-refractivity contribution in [2.24, 2.45) is 5.73 Å². The number of likely N-dealkylation sites (N-methyl/N-ethyl adjacent to an activating group) is 1. The van der Waals surface area contributed by atoms with Crippen molar-refractivity contribution in [3.63, 3.8) is 0 Å². The van der Waals surface area contributed by atoms with Crippen LogP contribution in [0.25, 0.3) is 0 Å². The molecule has 3 N–H and O–H groups in total. The van der Waals surface area contributed by atoms with Gasteiger partial charge in [0.25, 0.3) is 5.91 Å². The van der Waals surface area contributed by atoms with Crippen LogP contribution in [-0.2, 0) is 16.1 Å². The maximum Gasteiger partial charge on any atom is 0.330 e. The lowest BCUT2D eigenvalue weighted by Crippen LogP contribution is -2.46. The molecule has 0 bridgehead atoms. The Bertz CT molecular complexity index is 488. The molecule has 1 aromatic rings. The fraction of sp³-hybridized carbons (Fsp3) is 0.429. The van der Waals surface area contributed by atoms with E-state index in [1.165, 1.54) is 4.90 Å². The first-order valence-corrected chi connectivity index (χ1v) is 6.04. The normalized spacial score (nSPS) is 12.1. The third-order valence-corrected chi connectivity index (χ3v) is 3.14. The summed E-state index contributed by atoms with van der Waals surface area (Å²) < 4.78 is 0. The number of nitrogens with two attached hydrogens (primary N) is 1. The van der Waals surface area contributed by atoms with Gasteiger partial charge in [-0.1, -0.05) is 17.7 Å². The molecular formula is C14H20N2O3. The molecule has 5 heteroatoms. The summed E-state index contributed by atoms with van der Waals surface area (Å²) in [5.41, 5.74) is 9.68. The fourth-order valence-electron chi connectivity index (χ4n) is 2.12. The fourth-order valence-corrected chi connectivity index (χ4v) is 2.12.